The number of carbonyl (C=O) groups is 3. The molecule has 31 nitrogen and oxygen atoms in total. The number of nitrogens with zero attached hydrogens (tertiary/aromatic N) is 9. The minimum atomic E-state index is -0.312. The van der Waals surface area contributed by atoms with Crippen molar-refractivity contribution in [3.63, 3.8) is 0 Å². The lowest BCUT2D eigenvalue weighted by Crippen LogP contribution is -2.21. The number of para-hydroxylation sites is 1. The number of methoxy groups -OCH3 is 6. The third-order valence-electron chi connectivity index (χ3n) is 21.5. The maximum atomic E-state index is 10.2. The number of fused-ring (bicyclic) bond motifs is 12. The van der Waals surface area contributed by atoms with Gasteiger partial charge in [-0.05, 0) is 179 Å². The Bertz CT molecular complexity index is 7360. The van der Waals surface area contributed by atoms with E-state index in [1.54, 1.807) is 217 Å². The van der Waals surface area contributed by atoms with Crippen molar-refractivity contribution in [3.8, 4) is 124 Å². The largest absolute Gasteiger partial charge is 0.507 e. The van der Waals surface area contributed by atoms with Crippen LogP contribution in [0.5, 0.6) is 69.0 Å². The van der Waals surface area contributed by atoms with Crippen LogP contribution in [0, 0.1) is 102 Å². The lowest BCUT2D eigenvalue weighted by atomic mass is 9.83. The molecular weight excluding hydrogens is 1900 g/mol. The molecule has 33 heteroatoms. The van der Waals surface area contributed by atoms with Crippen LogP contribution in [0.1, 0.15) is 101 Å². The Morgan fingerprint density at radius 3 is 1.07 bits per heavy atom. The zero-order chi connectivity index (χ0) is 106. The molecule has 6 aromatic heterocycles. The van der Waals surface area contributed by atoms with Gasteiger partial charge in [0, 0.05) is 76.7 Å². The number of phenolic OH excluding ortho intramolecular Hbond substituents is 3. The van der Waals surface area contributed by atoms with Crippen molar-refractivity contribution < 1.29 is 81.2 Å². The second kappa shape index (κ2) is 55.8. The van der Waals surface area contributed by atoms with E-state index in [1.165, 1.54) is 0 Å². The number of benzene rings is 12. The molecule has 0 saturated carbocycles. The zero-order valence-electron chi connectivity index (χ0n) is 79.7. The predicted molar refractivity (Wildman–Crippen MR) is 557 cm³/mol. The Kier molecular flexibility index (Phi) is 41.2. The van der Waals surface area contributed by atoms with Crippen molar-refractivity contribution in [2.24, 2.45) is 17.2 Å². The van der Waals surface area contributed by atoms with E-state index in [1.807, 2.05) is 187 Å². The van der Waals surface area contributed by atoms with Crippen molar-refractivity contribution in [1.82, 2.24) is 9.97 Å². The van der Waals surface area contributed by atoms with Gasteiger partial charge in [0.05, 0.1) is 131 Å². The zero-order valence-corrected chi connectivity index (χ0v) is 81.3. The lowest BCUT2D eigenvalue weighted by Gasteiger charge is -2.27. The number of ether oxygens (including phenoxy) is 9. The number of aldehydes is 3. The molecule has 0 aliphatic carbocycles. The smallest absolute Gasteiger partial charge is 0.205 e. The molecule has 147 heavy (non-hydrogen) atoms. The monoisotopic (exact) mass is 1990 g/mol. The number of nitrogens with two attached hydrogens (primary N) is 3. The van der Waals surface area contributed by atoms with Gasteiger partial charge >= 0.3 is 0 Å². The van der Waals surface area contributed by atoms with Crippen LogP contribution in [0.25, 0.3) is 63.9 Å². The van der Waals surface area contributed by atoms with Gasteiger partial charge in [-0.3, -0.25) is 14.4 Å². The number of rotatable bonds is 12. The molecule has 0 radical (unpaired) electrons. The summed E-state index contributed by atoms with van der Waals surface area (Å²) in [6.45, 7) is 0. The SMILES string of the molecule is COc1cccc(C2C(C#N)=C(N)Oc3c2ccc2cc[nH]c32)c1.COc1cccc(C2C(C#N)=C(N)Oc3c2ccc2occc32)c1.COc1cccc(C2C(C#N)=C(N)Oc3c2ccc2sccc32)c1.COc1cccc(C=O)c1.COc1cccc(C=O)c1.COc1cccc(C=O)c1.N#CCC#N.N#CCC#N.N#CCC#N.Oc1cccc2cc[nH]c12.Oc1cccc2occc12.Oc1cccc2sccc12. The molecule has 3 aliphatic rings. The van der Waals surface area contributed by atoms with Gasteiger partial charge in [0.1, 0.15) is 147 Å². The summed E-state index contributed by atoms with van der Waals surface area (Å²) in [4.78, 5) is 36.8. The Labute approximate surface area is 852 Å². The number of aromatic hydroxyl groups is 3. The van der Waals surface area contributed by atoms with Gasteiger partial charge in [-0.15, -0.1) is 22.7 Å². The van der Waals surface area contributed by atoms with Crippen molar-refractivity contribution in [2.75, 3.05) is 42.7 Å². The minimum Gasteiger partial charge on any atom is -0.507 e. The molecule has 3 atom stereocenters. The highest BCUT2D eigenvalue weighted by molar-refractivity contribution is 7.17. The molecular formula is C114H92N14O17S2. The number of furan rings is 2. The molecule has 21 rings (SSSR count). The Morgan fingerprint density at radius 2 is 0.667 bits per heavy atom. The second-order valence-electron chi connectivity index (χ2n) is 30.3. The van der Waals surface area contributed by atoms with Crippen LogP contribution in [0.15, 0.2) is 352 Å². The number of H-pyrrole nitrogens is 2. The number of hydrogen-bond donors (Lipinski definition) is 8. The third-order valence-corrected chi connectivity index (χ3v) is 23.3. The van der Waals surface area contributed by atoms with Crippen LogP contribution in [0.2, 0.25) is 0 Å². The van der Waals surface area contributed by atoms with Gasteiger partial charge in [0.25, 0.3) is 0 Å². The summed E-state index contributed by atoms with van der Waals surface area (Å²) in [7, 11) is 9.58. The number of carbonyl (C=O) groups excluding carboxylic acids is 3. The minimum absolute atomic E-state index is 0. The third kappa shape index (κ3) is 28.6. The summed E-state index contributed by atoms with van der Waals surface area (Å²) in [5, 5.41) is 112. The Balaban J connectivity index is 0.000000171. The highest BCUT2D eigenvalue weighted by atomic mass is 32.1. The van der Waals surface area contributed by atoms with E-state index in [0.29, 0.717) is 79.2 Å². The summed E-state index contributed by atoms with van der Waals surface area (Å²) in [5.41, 5.74) is 29.9. The van der Waals surface area contributed by atoms with E-state index >= 15 is 0 Å². The maximum absolute atomic E-state index is 10.2. The topological polar surface area (TPSA) is 545 Å². The van der Waals surface area contributed by atoms with Gasteiger partial charge in [0.2, 0.25) is 17.6 Å². The van der Waals surface area contributed by atoms with Crippen LogP contribution in [0.4, 0.5) is 0 Å². The van der Waals surface area contributed by atoms with Crippen LogP contribution >= 0.6 is 22.7 Å². The van der Waals surface area contributed by atoms with Gasteiger partial charge < -0.3 is 94.0 Å². The van der Waals surface area contributed by atoms with Crippen LogP contribution in [-0.2, 0) is 0 Å². The number of nitriles is 9. The first-order valence-electron chi connectivity index (χ1n) is 44.0. The molecule has 11 N–H and O–H groups in total. The van der Waals surface area contributed by atoms with Gasteiger partial charge in [-0.1, -0.05) is 121 Å². The fraction of sp³-hybridized carbons (Fsp3) is 0.105. The normalized spacial score (nSPS) is 12.4. The summed E-state index contributed by atoms with van der Waals surface area (Å²) >= 11 is 3.29. The molecule has 3 aliphatic heterocycles. The molecule has 732 valence electrons. The van der Waals surface area contributed by atoms with Gasteiger partial charge in [-0.2, -0.15) is 47.4 Å². The second-order valence-corrected chi connectivity index (χ2v) is 32.2. The standard InChI is InChI=1S/C19H15N3O2.C19H14N2O3.C19H14N2O2S.C8H7NO.C8H6O2.3C8H8O2.C8H6OS.3C3H2N2/c1-23-13-4-2-3-12(9-13)16-14-6-5-11-7-8-22-17(11)18(14)24-19(21)15(16)10-20;1-22-12-4-2-3-11(9-12)17-14-5-6-16-13(7-8-23-16)18(14)24-19(21)15(17)10-20;1-22-12-4-2-3-11(9-12)17-14-5-6-16-13(7-8-24-16)18(14)23-19(21)15(17)10-20;10-7-3-1-2-6-4-5-9-8(6)7;9-7-2-1-3-8-6(7)4-5-10-8;3*1-10-8-4-2-3-7(5-8)6-9;9-7-2-1-3-8-6(7)4-5-10-8;3*4-2-1-3-5/h2-9,16,22H,21H2,1H3;2*2-9,17H,21H2,1H3;1-5,9-10H;1-5,9H;3*2-6H,1H3;1-5,9H;3*1H2. The average molecular weight is 1990 g/mol. The molecule has 0 bridgehead atoms. The van der Waals surface area contributed by atoms with Crippen LogP contribution in [0.3, 0.4) is 0 Å². The fourth-order valence-electron chi connectivity index (χ4n) is 14.7. The summed E-state index contributed by atoms with van der Waals surface area (Å²) < 4.78 is 60.8. The quantitative estimate of drug-likeness (QED) is 0.0527. The molecule has 0 saturated heterocycles. The molecule has 0 fully saturated rings. The van der Waals surface area contributed by atoms with Crippen molar-refractivity contribution in [1.29, 1.82) is 47.4 Å². The number of hydrogen-bond acceptors (Lipinski definition) is 31. The van der Waals surface area contributed by atoms with Crippen molar-refractivity contribution in [3.05, 3.63) is 393 Å². The molecule has 12 aromatic carbocycles. The van der Waals surface area contributed by atoms with Crippen molar-refractivity contribution >= 4 is 105 Å². The van der Waals surface area contributed by atoms with E-state index in [-0.39, 0.29) is 60.4 Å². The molecule has 0 spiro atoms. The number of aromatic nitrogens is 2. The maximum Gasteiger partial charge on any atom is 0.205 e. The first-order valence-corrected chi connectivity index (χ1v) is 45.7. The molecule has 18 aromatic rings. The number of allylic oxidation sites excluding steroid dienone is 3. The molecule has 9 heterocycles. The highest BCUT2D eigenvalue weighted by Crippen LogP contribution is 2.50. The van der Waals surface area contributed by atoms with E-state index in [9.17, 15) is 45.5 Å². The number of nitrogens with one attached hydrogen (secondary N) is 2. The van der Waals surface area contributed by atoms with E-state index in [2.05, 4.69) is 34.2 Å². The molecule has 3 unspecified atom stereocenters. The van der Waals surface area contributed by atoms with Crippen LogP contribution in [-0.4, -0.2) is 86.8 Å². The van der Waals surface area contributed by atoms with Crippen LogP contribution < -0.4 is 59.8 Å². The predicted octanol–water partition coefficient (Wildman–Crippen LogP) is 23.6. The van der Waals surface area contributed by atoms with E-state index in [4.69, 9.17) is 100 Å². The first kappa shape index (κ1) is 108. The van der Waals surface area contributed by atoms with E-state index < -0.39 is 0 Å². The van der Waals surface area contributed by atoms with Gasteiger partial charge in [0.15, 0.2) is 5.75 Å². The first-order chi connectivity index (χ1) is 71.6. The fourth-order valence-corrected chi connectivity index (χ4v) is 16.3. The van der Waals surface area contributed by atoms with E-state index in [0.717, 1.165) is 134 Å². The number of phenols is 3. The number of aromatic amines is 2. The highest BCUT2D eigenvalue weighted by Gasteiger charge is 2.36. The summed E-state index contributed by atoms with van der Waals surface area (Å²) in [6, 6.07) is 100.0. The lowest BCUT2D eigenvalue weighted by molar-refractivity contribution is 0.111. The Hall–Kier alpha value is -20.6. The average Bonchev–Trinajstić information content (AvgIpc) is 1.73. The Morgan fingerprint density at radius 1 is 0.333 bits per heavy atom. The summed E-state index contributed by atoms with van der Waals surface area (Å²) in [6.07, 6.45) is 9.21. The van der Waals surface area contributed by atoms with Crippen molar-refractivity contribution in [2.45, 2.75) is 37.0 Å². The molecule has 0 amide bonds. The summed E-state index contributed by atoms with van der Waals surface area (Å²) in [5.74, 6) is 6.87. The number of thiophene rings is 2. The van der Waals surface area contributed by atoms with Gasteiger partial charge in [-0.25, -0.2) is 0 Å².